The third-order valence-corrected chi connectivity index (χ3v) is 2.08. The number of nitrogens with one attached hydrogen (secondary N) is 1. The second-order valence-electron chi connectivity index (χ2n) is 2.82. The van der Waals surface area contributed by atoms with E-state index in [1.807, 2.05) is 0 Å². The van der Waals surface area contributed by atoms with Crippen LogP contribution < -0.4 is 0 Å². The number of nitrogens with zero attached hydrogens (tertiary/aromatic N) is 2. The molecule has 0 unspecified atom stereocenters. The molecular formula is C9H7N3O. The van der Waals surface area contributed by atoms with E-state index in [1.54, 1.807) is 19.1 Å². The van der Waals surface area contributed by atoms with Crippen molar-refractivity contribution in [1.29, 1.82) is 5.26 Å². The zero-order chi connectivity index (χ0) is 9.42. The molecular weight excluding hydrogens is 166 g/mol. The lowest BCUT2D eigenvalue weighted by Gasteiger charge is -1.97. The van der Waals surface area contributed by atoms with Gasteiger partial charge in [0.05, 0.1) is 22.5 Å². The maximum atomic E-state index is 9.38. The number of benzene rings is 1. The highest BCUT2D eigenvalue weighted by molar-refractivity contribution is 5.88. The quantitative estimate of drug-likeness (QED) is 0.633. The number of aromatic amines is 1. The van der Waals surface area contributed by atoms with Crippen LogP contribution in [0.15, 0.2) is 12.1 Å². The highest BCUT2D eigenvalue weighted by Crippen LogP contribution is 2.26. The van der Waals surface area contributed by atoms with Crippen LogP contribution in [0.2, 0.25) is 0 Å². The molecule has 0 fully saturated rings. The highest BCUT2D eigenvalue weighted by atomic mass is 16.3. The van der Waals surface area contributed by atoms with Crippen LogP contribution in [0.3, 0.4) is 0 Å². The Hall–Kier alpha value is -2.02. The molecule has 2 rings (SSSR count). The fourth-order valence-electron chi connectivity index (χ4n) is 1.38. The highest BCUT2D eigenvalue weighted by Gasteiger charge is 2.09. The molecule has 0 atom stereocenters. The van der Waals surface area contributed by atoms with Crippen molar-refractivity contribution in [2.45, 2.75) is 6.92 Å². The van der Waals surface area contributed by atoms with Gasteiger partial charge in [-0.3, -0.25) is 0 Å². The van der Waals surface area contributed by atoms with Crippen LogP contribution in [0.1, 0.15) is 11.1 Å². The summed E-state index contributed by atoms with van der Waals surface area (Å²) in [5.41, 5.74) is 1.99. The number of aromatic hydroxyl groups is 1. The molecule has 0 amide bonds. The third kappa shape index (κ3) is 0.942. The summed E-state index contributed by atoms with van der Waals surface area (Å²) in [7, 11) is 0. The first-order valence-corrected chi connectivity index (χ1v) is 3.81. The second-order valence-corrected chi connectivity index (χ2v) is 2.82. The molecule has 1 aromatic carbocycles. The Labute approximate surface area is 74.4 Å². The zero-order valence-electron chi connectivity index (χ0n) is 7.00. The number of aryl methyl sites for hydroxylation is 1. The zero-order valence-corrected chi connectivity index (χ0v) is 7.00. The Morgan fingerprint density at radius 2 is 2.31 bits per heavy atom. The van der Waals surface area contributed by atoms with Gasteiger partial charge in [-0.15, -0.1) is 0 Å². The SMILES string of the molecule is Cc1c(C#N)ccc2n[nH]c(O)c12. The standard InChI is InChI=1S/C9H7N3O/c1-5-6(4-10)2-3-7-8(5)9(13)12-11-7/h2-3H,1H3,(H2,11,12,13). The topological polar surface area (TPSA) is 72.7 Å². The van der Waals surface area contributed by atoms with E-state index in [0.717, 1.165) is 5.56 Å². The molecule has 2 N–H and O–H groups in total. The van der Waals surface area contributed by atoms with Gasteiger partial charge >= 0.3 is 0 Å². The summed E-state index contributed by atoms with van der Waals surface area (Å²) >= 11 is 0. The number of rotatable bonds is 0. The normalized spacial score (nSPS) is 10.2. The monoisotopic (exact) mass is 173 g/mol. The van der Waals surface area contributed by atoms with Gasteiger partial charge in [0.2, 0.25) is 5.88 Å². The lowest BCUT2D eigenvalue weighted by atomic mass is 10.1. The van der Waals surface area contributed by atoms with Gasteiger partial charge in [0.25, 0.3) is 0 Å². The van der Waals surface area contributed by atoms with Crippen LogP contribution in [0.25, 0.3) is 10.9 Å². The average Bonchev–Trinajstić information content (AvgIpc) is 2.49. The minimum atomic E-state index is 0.0181. The third-order valence-electron chi connectivity index (χ3n) is 2.08. The van der Waals surface area contributed by atoms with E-state index in [9.17, 15) is 5.11 Å². The van der Waals surface area contributed by atoms with Crippen LogP contribution in [0.4, 0.5) is 0 Å². The molecule has 2 aromatic rings. The molecule has 0 saturated carbocycles. The van der Waals surface area contributed by atoms with Gasteiger partial charge in [-0.05, 0) is 24.6 Å². The predicted molar refractivity (Wildman–Crippen MR) is 47.2 cm³/mol. The van der Waals surface area contributed by atoms with E-state index >= 15 is 0 Å². The van der Waals surface area contributed by atoms with E-state index in [2.05, 4.69) is 16.3 Å². The first kappa shape index (κ1) is 7.62. The van der Waals surface area contributed by atoms with Gasteiger partial charge in [-0.2, -0.15) is 10.4 Å². The maximum absolute atomic E-state index is 9.38. The summed E-state index contributed by atoms with van der Waals surface area (Å²) < 4.78 is 0. The van der Waals surface area contributed by atoms with Gasteiger partial charge < -0.3 is 5.11 Å². The first-order valence-electron chi connectivity index (χ1n) is 3.81. The van der Waals surface area contributed by atoms with Crippen molar-refractivity contribution >= 4 is 10.9 Å². The number of nitriles is 1. The smallest absolute Gasteiger partial charge is 0.215 e. The lowest BCUT2D eigenvalue weighted by Crippen LogP contribution is -1.82. The van der Waals surface area contributed by atoms with Gasteiger partial charge in [-0.1, -0.05) is 0 Å². The van der Waals surface area contributed by atoms with Crippen molar-refractivity contribution in [3.63, 3.8) is 0 Å². The van der Waals surface area contributed by atoms with E-state index in [-0.39, 0.29) is 5.88 Å². The predicted octanol–water partition coefficient (Wildman–Crippen LogP) is 1.45. The van der Waals surface area contributed by atoms with E-state index in [0.29, 0.717) is 16.5 Å². The molecule has 13 heavy (non-hydrogen) atoms. The molecule has 0 aliphatic rings. The lowest BCUT2D eigenvalue weighted by molar-refractivity contribution is 0.457. The molecule has 1 heterocycles. The largest absolute Gasteiger partial charge is 0.493 e. The molecule has 4 nitrogen and oxygen atoms in total. The van der Waals surface area contributed by atoms with Gasteiger partial charge in [0.1, 0.15) is 0 Å². The fourth-order valence-corrected chi connectivity index (χ4v) is 1.38. The molecule has 0 aliphatic carbocycles. The Kier molecular flexibility index (Phi) is 1.46. The molecule has 0 spiro atoms. The molecule has 0 aliphatic heterocycles. The number of hydrogen-bond acceptors (Lipinski definition) is 3. The van der Waals surface area contributed by atoms with E-state index < -0.39 is 0 Å². The summed E-state index contributed by atoms with van der Waals surface area (Å²) in [6.45, 7) is 1.79. The number of aromatic nitrogens is 2. The molecule has 1 aromatic heterocycles. The van der Waals surface area contributed by atoms with E-state index in [1.165, 1.54) is 0 Å². The van der Waals surface area contributed by atoms with Crippen LogP contribution in [-0.2, 0) is 0 Å². The van der Waals surface area contributed by atoms with E-state index in [4.69, 9.17) is 5.26 Å². The fraction of sp³-hybridized carbons (Fsp3) is 0.111. The minimum Gasteiger partial charge on any atom is -0.493 e. The van der Waals surface area contributed by atoms with Crippen molar-refractivity contribution in [1.82, 2.24) is 10.2 Å². The summed E-state index contributed by atoms with van der Waals surface area (Å²) in [4.78, 5) is 0. The van der Waals surface area contributed by atoms with Gasteiger partial charge in [0, 0.05) is 0 Å². The summed E-state index contributed by atoms with van der Waals surface area (Å²) in [6, 6.07) is 5.45. The van der Waals surface area contributed by atoms with Crippen LogP contribution in [-0.4, -0.2) is 15.3 Å². The number of fused-ring (bicyclic) bond motifs is 1. The summed E-state index contributed by atoms with van der Waals surface area (Å²) in [5, 5.41) is 25.1. The molecule has 4 heteroatoms. The molecule has 64 valence electrons. The Balaban J connectivity index is 2.93. The number of hydrogen-bond donors (Lipinski definition) is 2. The molecule has 0 bridgehead atoms. The summed E-state index contributed by atoms with van der Waals surface area (Å²) in [6.07, 6.45) is 0. The van der Waals surface area contributed by atoms with Crippen molar-refractivity contribution in [3.8, 4) is 11.9 Å². The second kappa shape index (κ2) is 2.49. The van der Waals surface area contributed by atoms with Crippen LogP contribution in [0, 0.1) is 18.3 Å². The first-order chi connectivity index (χ1) is 6.24. The van der Waals surface area contributed by atoms with Crippen LogP contribution >= 0.6 is 0 Å². The Morgan fingerprint density at radius 1 is 1.54 bits per heavy atom. The molecule has 0 radical (unpaired) electrons. The molecule has 0 saturated heterocycles. The van der Waals surface area contributed by atoms with Crippen molar-refractivity contribution in [2.24, 2.45) is 0 Å². The van der Waals surface area contributed by atoms with Gasteiger partial charge in [-0.25, -0.2) is 5.10 Å². The van der Waals surface area contributed by atoms with Crippen molar-refractivity contribution in [2.75, 3.05) is 0 Å². The van der Waals surface area contributed by atoms with Crippen LogP contribution in [0.5, 0.6) is 5.88 Å². The maximum Gasteiger partial charge on any atom is 0.215 e. The summed E-state index contributed by atoms with van der Waals surface area (Å²) in [5.74, 6) is 0.0181. The number of H-pyrrole nitrogens is 1. The minimum absolute atomic E-state index is 0.0181. The Morgan fingerprint density at radius 3 is 3.00 bits per heavy atom. The van der Waals surface area contributed by atoms with Gasteiger partial charge in [0.15, 0.2) is 0 Å². The Bertz CT molecular complexity index is 507. The van der Waals surface area contributed by atoms with Crippen molar-refractivity contribution < 1.29 is 5.11 Å². The average molecular weight is 173 g/mol. The van der Waals surface area contributed by atoms with Crippen molar-refractivity contribution in [3.05, 3.63) is 23.3 Å².